The highest BCUT2D eigenvalue weighted by Gasteiger charge is 2.17. The third-order valence-electron chi connectivity index (χ3n) is 2.64. The number of hydrogen-bond donors (Lipinski definition) is 0. The zero-order valence-electron chi connectivity index (χ0n) is 9.61. The Balaban J connectivity index is 1.94. The lowest BCUT2D eigenvalue weighted by molar-refractivity contribution is -0.118. The van der Waals surface area contributed by atoms with Crippen LogP contribution in [0, 0.1) is 5.82 Å². The molecule has 0 fully saturated rings. The number of carbonyl (C=O) groups excluding carboxylic acids is 1. The Kier molecular flexibility index (Phi) is 4.15. The number of benzene rings is 1. The third-order valence-corrected chi connectivity index (χ3v) is 3.14. The van der Waals surface area contributed by atoms with Gasteiger partial charge >= 0.3 is 0 Å². The Morgan fingerprint density at radius 3 is 2.61 bits per heavy atom. The van der Waals surface area contributed by atoms with Crippen molar-refractivity contribution < 1.29 is 13.6 Å². The largest absolute Gasteiger partial charge is 0.469 e. The molecule has 1 unspecified atom stereocenters. The molecule has 0 amide bonds. The quantitative estimate of drug-likeness (QED) is 0.769. The van der Waals surface area contributed by atoms with E-state index in [9.17, 15) is 9.18 Å². The maximum atomic E-state index is 12.7. The van der Waals surface area contributed by atoms with Crippen LogP contribution in [-0.2, 0) is 11.2 Å². The summed E-state index contributed by atoms with van der Waals surface area (Å²) in [6.45, 7) is 0. The van der Waals surface area contributed by atoms with Crippen molar-refractivity contribution >= 4 is 17.4 Å². The number of rotatable bonds is 5. The number of hydrogen-bond acceptors (Lipinski definition) is 2. The first-order valence-corrected chi connectivity index (χ1v) is 6.05. The molecule has 0 N–H and O–H groups in total. The van der Waals surface area contributed by atoms with Gasteiger partial charge in [0.25, 0.3) is 0 Å². The zero-order chi connectivity index (χ0) is 13.0. The summed E-state index contributed by atoms with van der Waals surface area (Å²) >= 11 is 6.05. The Morgan fingerprint density at radius 1 is 1.28 bits per heavy atom. The lowest BCUT2D eigenvalue weighted by Crippen LogP contribution is -2.08. The minimum atomic E-state index is -0.736. The Bertz CT molecular complexity index is 505. The molecule has 0 bridgehead atoms. The fourth-order valence-corrected chi connectivity index (χ4v) is 1.90. The standard InChI is InChI=1S/C14H12ClFO2/c15-14(10-3-5-11(16)6-4-10)13(17)8-7-12-2-1-9-18-12/h1-6,9,14H,7-8H2. The molecule has 2 nitrogen and oxygen atoms in total. The minimum absolute atomic E-state index is 0.0975. The highest BCUT2D eigenvalue weighted by Crippen LogP contribution is 2.23. The fraction of sp³-hybridized carbons (Fsp3) is 0.214. The lowest BCUT2D eigenvalue weighted by Gasteiger charge is -2.08. The number of halogens is 2. The van der Waals surface area contributed by atoms with Gasteiger partial charge in [-0.05, 0) is 29.8 Å². The third kappa shape index (κ3) is 3.20. The van der Waals surface area contributed by atoms with E-state index in [0.29, 0.717) is 18.4 Å². The number of aryl methyl sites for hydroxylation is 1. The number of carbonyl (C=O) groups is 1. The van der Waals surface area contributed by atoms with Gasteiger partial charge in [-0.15, -0.1) is 11.6 Å². The molecule has 0 saturated carbocycles. The van der Waals surface area contributed by atoms with E-state index in [1.807, 2.05) is 6.07 Å². The minimum Gasteiger partial charge on any atom is -0.469 e. The summed E-state index contributed by atoms with van der Waals surface area (Å²) < 4.78 is 17.9. The summed E-state index contributed by atoms with van der Waals surface area (Å²) in [5, 5.41) is -0.736. The van der Waals surface area contributed by atoms with Gasteiger partial charge in [0.2, 0.25) is 0 Å². The lowest BCUT2D eigenvalue weighted by atomic mass is 10.0. The van der Waals surface area contributed by atoms with E-state index >= 15 is 0 Å². The van der Waals surface area contributed by atoms with Crippen molar-refractivity contribution in [3.63, 3.8) is 0 Å². The molecule has 18 heavy (non-hydrogen) atoms. The molecule has 0 saturated heterocycles. The van der Waals surface area contributed by atoms with E-state index < -0.39 is 5.38 Å². The second-order valence-electron chi connectivity index (χ2n) is 3.96. The van der Waals surface area contributed by atoms with Gasteiger partial charge in [0.15, 0.2) is 5.78 Å². The molecule has 0 aliphatic heterocycles. The molecule has 0 spiro atoms. The maximum Gasteiger partial charge on any atom is 0.155 e. The van der Waals surface area contributed by atoms with Gasteiger partial charge in [0.1, 0.15) is 17.0 Å². The van der Waals surface area contributed by atoms with E-state index in [1.165, 1.54) is 24.3 Å². The molecule has 1 aromatic carbocycles. The van der Waals surface area contributed by atoms with Crippen molar-refractivity contribution in [3.8, 4) is 0 Å². The second kappa shape index (κ2) is 5.83. The molecule has 1 aromatic heterocycles. The monoisotopic (exact) mass is 266 g/mol. The van der Waals surface area contributed by atoms with Crippen molar-refractivity contribution in [2.75, 3.05) is 0 Å². The highest BCUT2D eigenvalue weighted by molar-refractivity contribution is 6.31. The fourth-order valence-electron chi connectivity index (χ4n) is 1.65. The first-order chi connectivity index (χ1) is 8.66. The average molecular weight is 267 g/mol. The van der Waals surface area contributed by atoms with Crippen molar-refractivity contribution in [2.24, 2.45) is 0 Å². The summed E-state index contributed by atoms with van der Waals surface area (Å²) in [6, 6.07) is 9.23. The van der Waals surface area contributed by atoms with Crippen LogP contribution in [0.25, 0.3) is 0 Å². The van der Waals surface area contributed by atoms with Crippen LogP contribution in [0.1, 0.15) is 23.1 Å². The van der Waals surface area contributed by atoms with Gasteiger partial charge in [-0.25, -0.2) is 4.39 Å². The smallest absolute Gasteiger partial charge is 0.155 e. The van der Waals surface area contributed by atoms with Crippen molar-refractivity contribution in [3.05, 3.63) is 59.8 Å². The van der Waals surface area contributed by atoms with Crippen LogP contribution in [0.5, 0.6) is 0 Å². The first-order valence-electron chi connectivity index (χ1n) is 5.61. The summed E-state index contributed by atoms with van der Waals surface area (Å²) in [7, 11) is 0. The molecule has 94 valence electrons. The van der Waals surface area contributed by atoms with E-state index in [0.717, 1.165) is 5.76 Å². The summed E-state index contributed by atoms with van der Waals surface area (Å²) in [6.07, 6.45) is 2.40. The molecule has 1 heterocycles. The van der Waals surface area contributed by atoms with Crippen LogP contribution in [-0.4, -0.2) is 5.78 Å². The molecule has 0 radical (unpaired) electrons. The second-order valence-corrected chi connectivity index (χ2v) is 4.40. The average Bonchev–Trinajstić information content (AvgIpc) is 2.89. The summed E-state index contributed by atoms with van der Waals surface area (Å²) in [4.78, 5) is 11.9. The van der Waals surface area contributed by atoms with E-state index in [-0.39, 0.29) is 11.6 Å². The topological polar surface area (TPSA) is 30.2 Å². The van der Waals surface area contributed by atoms with Crippen molar-refractivity contribution in [1.82, 2.24) is 0 Å². The van der Waals surface area contributed by atoms with Gasteiger partial charge in [0, 0.05) is 12.8 Å². The molecule has 0 aliphatic carbocycles. The maximum absolute atomic E-state index is 12.7. The highest BCUT2D eigenvalue weighted by atomic mass is 35.5. The Morgan fingerprint density at radius 2 is 2.00 bits per heavy atom. The summed E-state index contributed by atoms with van der Waals surface area (Å²) in [5.74, 6) is 0.316. The van der Waals surface area contributed by atoms with Gasteiger partial charge in [-0.3, -0.25) is 4.79 Å². The Labute approximate surface area is 109 Å². The predicted molar refractivity (Wildman–Crippen MR) is 67.0 cm³/mol. The number of furan rings is 1. The van der Waals surface area contributed by atoms with E-state index in [4.69, 9.17) is 16.0 Å². The van der Waals surface area contributed by atoms with Crippen LogP contribution >= 0.6 is 11.6 Å². The van der Waals surface area contributed by atoms with Gasteiger partial charge < -0.3 is 4.42 Å². The van der Waals surface area contributed by atoms with Gasteiger partial charge in [0.05, 0.1) is 6.26 Å². The Hall–Kier alpha value is -1.61. The molecular weight excluding hydrogens is 255 g/mol. The van der Waals surface area contributed by atoms with E-state index in [2.05, 4.69) is 0 Å². The van der Waals surface area contributed by atoms with Gasteiger partial charge in [-0.1, -0.05) is 12.1 Å². The normalized spacial score (nSPS) is 12.3. The number of Topliss-reactive ketones (excluding diaryl/α,β-unsaturated/α-hetero) is 1. The zero-order valence-corrected chi connectivity index (χ0v) is 10.4. The first kappa shape index (κ1) is 12.8. The van der Waals surface area contributed by atoms with Crippen LogP contribution in [0.3, 0.4) is 0 Å². The molecular formula is C14H12ClFO2. The molecule has 2 rings (SSSR count). The van der Waals surface area contributed by atoms with Crippen molar-refractivity contribution in [1.29, 1.82) is 0 Å². The summed E-state index contributed by atoms with van der Waals surface area (Å²) in [5.41, 5.74) is 0.613. The molecule has 2 aromatic rings. The van der Waals surface area contributed by atoms with Crippen LogP contribution in [0.4, 0.5) is 4.39 Å². The SMILES string of the molecule is O=C(CCc1ccco1)C(Cl)c1ccc(F)cc1. The predicted octanol–water partition coefficient (Wildman–Crippen LogP) is 3.90. The van der Waals surface area contributed by atoms with Crippen LogP contribution < -0.4 is 0 Å². The van der Waals surface area contributed by atoms with Crippen LogP contribution in [0.2, 0.25) is 0 Å². The molecule has 0 aliphatic rings. The van der Waals surface area contributed by atoms with E-state index in [1.54, 1.807) is 12.3 Å². The molecule has 4 heteroatoms. The number of alkyl halides is 1. The number of ketones is 1. The van der Waals surface area contributed by atoms with Gasteiger partial charge in [-0.2, -0.15) is 0 Å². The van der Waals surface area contributed by atoms with Crippen LogP contribution in [0.15, 0.2) is 47.1 Å². The van der Waals surface area contributed by atoms with Crippen molar-refractivity contribution in [2.45, 2.75) is 18.2 Å². The molecule has 1 atom stereocenters.